The summed E-state index contributed by atoms with van der Waals surface area (Å²) in [5.41, 5.74) is 4.06. The van der Waals surface area contributed by atoms with Crippen LogP contribution < -0.4 is 4.74 Å². The first kappa shape index (κ1) is 17.1. The lowest BCUT2D eigenvalue weighted by atomic mass is 9.95. The van der Waals surface area contributed by atoms with E-state index < -0.39 is 0 Å². The van der Waals surface area contributed by atoms with Crippen LogP contribution in [0.4, 0.5) is 0 Å². The van der Waals surface area contributed by atoms with Crippen LogP contribution >= 0.6 is 0 Å². The average molecular weight is 312 g/mol. The van der Waals surface area contributed by atoms with Crippen molar-refractivity contribution in [2.75, 3.05) is 7.11 Å². The smallest absolute Gasteiger partial charge is 0.330 e. The standard InChI is InChI=1S/C20H24O3/c1-14(2)6-8-16-12-15(7-9-18(21)22-5)13-17-10-11-20(3,4)23-19(16)17/h6-7,9-13H,8H2,1-5H3/b9-7+. The molecule has 0 aliphatic carbocycles. The quantitative estimate of drug-likeness (QED) is 0.464. The highest BCUT2D eigenvalue weighted by atomic mass is 16.5. The highest BCUT2D eigenvalue weighted by Crippen LogP contribution is 2.36. The van der Waals surface area contributed by atoms with E-state index in [1.807, 2.05) is 26.0 Å². The molecule has 1 aromatic carbocycles. The SMILES string of the molecule is COC(=O)/C=C/c1cc2c(c(CC=C(C)C)c1)OC(C)(C)C=C2. The number of ether oxygens (including phenoxy) is 2. The Morgan fingerprint density at radius 1 is 1.30 bits per heavy atom. The number of rotatable bonds is 4. The number of allylic oxidation sites excluding steroid dienone is 2. The van der Waals surface area contributed by atoms with E-state index in [9.17, 15) is 4.79 Å². The second kappa shape index (κ2) is 6.86. The summed E-state index contributed by atoms with van der Waals surface area (Å²) in [6.07, 6.45) is 10.3. The van der Waals surface area contributed by atoms with E-state index >= 15 is 0 Å². The van der Waals surface area contributed by atoms with Crippen molar-refractivity contribution < 1.29 is 14.3 Å². The molecular formula is C20H24O3. The number of hydrogen-bond acceptors (Lipinski definition) is 3. The van der Waals surface area contributed by atoms with E-state index in [1.54, 1.807) is 6.08 Å². The van der Waals surface area contributed by atoms with E-state index in [1.165, 1.54) is 18.8 Å². The maximum Gasteiger partial charge on any atom is 0.330 e. The number of hydrogen-bond donors (Lipinski definition) is 0. The van der Waals surface area contributed by atoms with Gasteiger partial charge in [-0.15, -0.1) is 0 Å². The largest absolute Gasteiger partial charge is 0.483 e. The molecule has 2 rings (SSSR count). The molecule has 0 spiro atoms. The van der Waals surface area contributed by atoms with Crippen molar-refractivity contribution in [3.05, 3.63) is 52.6 Å². The van der Waals surface area contributed by atoms with Gasteiger partial charge in [-0.25, -0.2) is 4.79 Å². The van der Waals surface area contributed by atoms with Crippen molar-refractivity contribution >= 4 is 18.1 Å². The molecule has 0 unspecified atom stereocenters. The van der Waals surface area contributed by atoms with Crippen molar-refractivity contribution in [3.63, 3.8) is 0 Å². The monoisotopic (exact) mass is 312 g/mol. The summed E-state index contributed by atoms with van der Waals surface area (Å²) < 4.78 is 10.8. The Labute approximate surface area is 138 Å². The lowest BCUT2D eigenvalue weighted by molar-refractivity contribution is -0.134. The molecule has 3 heteroatoms. The summed E-state index contributed by atoms with van der Waals surface area (Å²) in [6.45, 7) is 8.25. The van der Waals surface area contributed by atoms with Gasteiger partial charge in [0.05, 0.1) is 7.11 Å². The van der Waals surface area contributed by atoms with Gasteiger partial charge in [0.15, 0.2) is 0 Å². The molecule has 3 nitrogen and oxygen atoms in total. The van der Waals surface area contributed by atoms with Crippen molar-refractivity contribution in [2.24, 2.45) is 0 Å². The van der Waals surface area contributed by atoms with E-state index in [4.69, 9.17) is 4.74 Å². The summed E-state index contributed by atoms with van der Waals surface area (Å²) in [5, 5.41) is 0. The van der Waals surface area contributed by atoms with Gasteiger partial charge in [-0.05, 0) is 69.5 Å². The zero-order chi connectivity index (χ0) is 17.0. The van der Waals surface area contributed by atoms with Crippen LogP contribution in [0.2, 0.25) is 0 Å². The molecule has 0 amide bonds. The number of fused-ring (bicyclic) bond motifs is 1. The van der Waals surface area contributed by atoms with Crippen LogP contribution in [0.15, 0.2) is 35.9 Å². The predicted molar refractivity (Wildman–Crippen MR) is 94.4 cm³/mol. The minimum Gasteiger partial charge on any atom is -0.483 e. The number of carbonyl (C=O) groups excluding carboxylic acids is 1. The Morgan fingerprint density at radius 3 is 2.70 bits per heavy atom. The molecule has 0 bridgehead atoms. The van der Waals surface area contributed by atoms with Gasteiger partial charge < -0.3 is 9.47 Å². The van der Waals surface area contributed by atoms with E-state index in [0.717, 1.165) is 28.9 Å². The Morgan fingerprint density at radius 2 is 2.04 bits per heavy atom. The van der Waals surface area contributed by atoms with Crippen LogP contribution in [0, 0.1) is 0 Å². The van der Waals surface area contributed by atoms with Crippen molar-refractivity contribution in [2.45, 2.75) is 39.7 Å². The second-order valence-electron chi connectivity index (χ2n) is 6.48. The zero-order valence-electron chi connectivity index (χ0n) is 14.5. The molecule has 1 aromatic rings. The predicted octanol–water partition coefficient (Wildman–Crippen LogP) is 4.57. The summed E-state index contributed by atoms with van der Waals surface area (Å²) in [7, 11) is 1.37. The minimum absolute atomic E-state index is 0.309. The highest BCUT2D eigenvalue weighted by molar-refractivity contribution is 5.87. The fourth-order valence-corrected chi connectivity index (χ4v) is 2.37. The van der Waals surface area contributed by atoms with Crippen LogP contribution in [-0.4, -0.2) is 18.7 Å². The summed E-state index contributed by atoms with van der Waals surface area (Å²) in [4.78, 5) is 11.3. The lowest BCUT2D eigenvalue weighted by Gasteiger charge is -2.29. The van der Waals surface area contributed by atoms with Crippen LogP contribution in [-0.2, 0) is 16.0 Å². The van der Waals surface area contributed by atoms with E-state index in [0.29, 0.717) is 0 Å². The first-order valence-corrected chi connectivity index (χ1v) is 7.75. The third kappa shape index (κ3) is 4.59. The van der Waals surface area contributed by atoms with Crippen molar-refractivity contribution in [1.29, 1.82) is 0 Å². The maximum absolute atomic E-state index is 11.3. The van der Waals surface area contributed by atoms with Crippen LogP contribution in [0.1, 0.15) is 44.4 Å². The minimum atomic E-state index is -0.360. The van der Waals surface area contributed by atoms with Gasteiger partial charge in [0, 0.05) is 11.6 Å². The molecule has 1 heterocycles. The summed E-state index contributed by atoms with van der Waals surface area (Å²) >= 11 is 0. The molecule has 0 atom stereocenters. The normalized spacial score (nSPS) is 15.0. The Balaban J connectivity index is 2.45. The van der Waals surface area contributed by atoms with Gasteiger partial charge in [0.1, 0.15) is 11.4 Å². The lowest BCUT2D eigenvalue weighted by Crippen LogP contribution is -2.28. The van der Waals surface area contributed by atoms with E-state index in [-0.39, 0.29) is 11.6 Å². The second-order valence-corrected chi connectivity index (χ2v) is 6.48. The van der Waals surface area contributed by atoms with E-state index in [2.05, 4.69) is 36.8 Å². The van der Waals surface area contributed by atoms with Gasteiger partial charge >= 0.3 is 5.97 Å². The maximum atomic E-state index is 11.3. The molecule has 0 N–H and O–H groups in total. The van der Waals surface area contributed by atoms with Gasteiger partial charge in [-0.1, -0.05) is 17.7 Å². The molecule has 0 saturated carbocycles. The first-order valence-electron chi connectivity index (χ1n) is 7.75. The third-order valence-corrected chi connectivity index (χ3v) is 3.59. The molecule has 0 fully saturated rings. The van der Waals surface area contributed by atoms with Gasteiger partial charge in [0.2, 0.25) is 0 Å². The fourth-order valence-electron chi connectivity index (χ4n) is 2.37. The molecule has 1 aliphatic rings. The summed E-state index contributed by atoms with van der Waals surface area (Å²) in [6, 6.07) is 4.08. The third-order valence-electron chi connectivity index (χ3n) is 3.59. The molecule has 1 aliphatic heterocycles. The van der Waals surface area contributed by atoms with Crippen LogP contribution in [0.25, 0.3) is 12.2 Å². The number of carbonyl (C=O) groups is 1. The number of methoxy groups -OCH3 is 1. The van der Waals surface area contributed by atoms with Gasteiger partial charge in [-0.3, -0.25) is 0 Å². The van der Waals surface area contributed by atoms with Gasteiger partial charge in [-0.2, -0.15) is 0 Å². The average Bonchev–Trinajstić information content (AvgIpc) is 2.49. The molecule has 0 saturated heterocycles. The first-order chi connectivity index (χ1) is 10.8. The molecule has 122 valence electrons. The van der Waals surface area contributed by atoms with Crippen LogP contribution in [0.3, 0.4) is 0 Å². The summed E-state index contributed by atoms with van der Waals surface area (Å²) in [5.74, 6) is 0.562. The number of benzene rings is 1. The number of esters is 1. The Hall–Kier alpha value is -2.29. The van der Waals surface area contributed by atoms with Gasteiger partial charge in [0.25, 0.3) is 0 Å². The fraction of sp³-hybridized carbons (Fsp3) is 0.350. The zero-order valence-corrected chi connectivity index (χ0v) is 14.5. The Kier molecular flexibility index (Phi) is 5.09. The van der Waals surface area contributed by atoms with Crippen molar-refractivity contribution in [3.8, 4) is 5.75 Å². The molecule has 0 radical (unpaired) electrons. The Bertz CT molecular complexity index is 687. The molecule has 23 heavy (non-hydrogen) atoms. The van der Waals surface area contributed by atoms with Crippen LogP contribution in [0.5, 0.6) is 5.75 Å². The molecular weight excluding hydrogens is 288 g/mol. The highest BCUT2D eigenvalue weighted by Gasteiger charge is 2.23. The molecule has 0 aromatic heterocycles. The topological polar surface area (TPSA) is 35.5 Å². The van der Waals surface area contributed by atoms with Crippen molar-refractivity contribution in [1.82, 2.24) is 0 Å².